The van der Waals surface area contributed by atoms with E-state index in [-0.39, 0.29) is 5.03 Å². The van der Waals surface area contributed by atoms with E-state index in [1.807, 2.05) is 4.72 Å². The molecule has 0 aliphatic rings. The molecule has 1 amide bonds. The van der Waals surface area contributed by atoms with Crippen molar-refractivity contribution in [2.24, 2.45) is 0 Å². The number of hydrogen-bond acceptors (Lipinski definition) is 4. The molecule has 7 heteroatoms. The predicted molar refractivity (Wildman–Crippen MR) is 65.3 cm³/mol. The van der Waals surface area contributed by atoms with Crippen LogP contribution in [0.4, 0.5) is 0 Å². The molecule has 0 saturated heterocycles. The highest BCUT2D eigenvalue weighted by Gasteiger charge is 2.18. The summed E-state index contributed by atoms with van der Waals surface area (Å²) in [5.74, 6) is -1.10. The minimum atomic E-state index is -3.75. The van der Waals surface area contributed by atoms with Crippen molar-refractivity contribution in [3.8, 4) is 0 Å². The molecular weight excluding hydrogens is 270 g/mol. The molecule has 0 unspecified atom stereocenters. The fourth-order valence-electron chi connectivity index (χ4n) is 1.04. The smallest absolute Gasteiger partial charge is 0.267 e. The number of carbonyl (C=O) groups is 1. The van der Waals surface area contributed by atoms with E-state index in [1.165, 1.54) is 11.3 Å². The van der Waals surface area contributed by atoms with Gasteiger partial charge in [0.25, 0.3) is 5.91 Å². The fourth-order valence-corrected chi connectivity index (χ4v) is 3.22. The largest absolute Gasteiger partial charge is 0.275 e. The van der Waals surface area contributed by atoms with E-state index in [2.05, 4.69) is 6.58 Å². The van der Waals surface area contributed by atoms with Gasteiger partial charge in [-0.05, 0) is 23.9 Å². The molecule has 0 bridgehead atoms. The molecule has 1 N–H and O–H groups in total. The number of thiophene rings is 1. The summed E-state index contributed by atoms with van der Waals surface area (Å²) in [6.07, 6.45) is 0. The van der Waals surface area contributed by atoms with Crippen molar-refractivity contribution >= 4 is 38.9 Å². The Morgan fingerprint density at radius 3 is 2.69 bits per heavy atom. The zero-order valence-corrected chi connectivity index (χ0v) is 10.9. The number of rotatable bonds is 4. The summed E-state index contributed by atoms with van der Waals surface area (Å²) in [4.78, 5) is 11.9. The van der Waals surface area contributed by atoms with Gasteiger partial charge in [0.15, 0.2) is 0 Å². The van der Waals surface area contributed by atoms with E-state index < -0.39 is 21.7 Å². The average Bonchev–Trinajstić information content (AvgIpc) is 2.47. The molecule has 4 nitrogen and oxygen atoms in total. The average molecular weight is 280 g/mol. The lowest BCUT2D eigenvalue weighted by Gasteiger charge is -2.04. The molecule has 0 aliphatic heterocycles. The van der Waals surface area contributed by atoms with Crippen LogP contribution < -0.4 is 4.72 Å². The molecule has 1 heterocycles. The number of aryl methyl sites for hydroxylation is 1. The second-order valence-electron chi connectivity index (χ2n) is 3.14. The van der Waals surface area contributed by atoms with Crippen LogP contribution in [-0.4, -0.2) is 20.1 Å². The van der Waals surface area contributed by atoms with Crippen molar-refractivity contribution < 1.29 is 13.2 Å². The zero-order valence-electron chi connectivity index (χ0n) is 8.49. The van der Waals surface area contributed by atoms with E-state index in [0.717, 1.165) is 5.56 Å². The maximum absolute atomic E-state index is 11.6. The maximum atomic E-state index is 11.6. The van der Waals surface area contributed by atoms with Gasteiger partial charge >= 0.3 is 0 Å². The quantitative estimate of drug-likeness (QED) is 0.915. The third-order valence-corrected chi connectivity index (χ3v) is 4.20. The highest BCUT2D eigenvalue weighted by Crippen LogP contribution is 2.15. The number of sulfonamides is 1. The van der Waals surface area contributed by atoms with Gasteiger partial charge in [-0.15, -0.1) is 11.3 Å². The SMILES string of the molecule is C=C(Cl)CS(=O)(=O)NC(=O)c1sccc1C. The van der Waals surface area contributed by atoms with Crippen molar-refractivity contribution in [2.75, 3.05) is 5.75 Å². The maximum Gasteiger partial charge on any atom is 0.275 e. The van der Waals surface area contributed by atoms with Gasteiger partial charge in [-0.1, -0.05) is 18.2 Å². The van der Waals surface area contributed by atoms with Crippen LogP contribution in [0.5, 0.6) is 0 Å². The van der Waals surface area contributed by atoms with Gasteiger partial charge in [-0.3, -0.25) is 4.79 Å². The molecule has 1 aromatic rings. The molecule has 16 heavy (non-hydrogen) atoms. The summed E-state index contributed by atoms with van der Waals surface area (Å²) in [6.45, 7) is 5.00. The lowest BCUT2D eigenvalue weighted by Crippen LogP contribution is -2.32. The molecule has 88 valence electrons. The predicted octanol–water partition coefficient (Wildman–Crippen LogP) is 1.87. The van der Waals surface area contributed by atoms with Crippen molar-refractivity contribution in [1.82, 2.24) is 4.72 Å². The molecule has 1 rings (SSSR count). The van der Waals surface area contributed by atoms with E-state index >= 15 is 0 Å². The Kier molecular flexibility index (Phi) is 4.12. The highest BCUT2D eigenvalue weighted by atomic mass is 35.5. The first-order chi connectivity index (χ1) is 7.32. The summed E-state index contributed by atoms with van der Waals surface area (Å²) in [5.41, 5.74) is 0.738. The molecule has 0 aromatic carbocycles. The van der Waals surface area contributed by atoms with Crippen LogP contribution in [0.25, 0.3) is 0 Å². The monoisotopic (exact) mass is 279 g/mol. The first-order valence-corrected chi connectivity index (χ1v) is 7.15. The van der Waals surface area contributed by atoms with Gasteiger partial charge in [0.2, 0.25) is 10.0 Å². The van der Waals surface area contributed by atoms with Crippen molar-refractivity contribution in [3.05, 3.63) is 33.5 Å². The standard InChI is InChI=1S/C9H10ClNO3S2/c1-6-3-4-15-8(6)9(12)11-16(13,14)5-7(2)10/h3-4H,2,5H2,1H3,(H,11,12). The van der Waals surface area contributed by atoms with Crippen LogP contribution in [0.3, 0.4) is 0 Å². The van der Waals surface area contributed by atoms with Gasteiger partial charge < -0.3 is 0 Å². The Hall–Kier alpha value is -0.850. The number of nitrogens with one attached hydrogen (secondary N) is 1. The third-order valence-electron chi connectivity index (χ3n) is 1.66. The van der Waals surface area contributed by atoms with Crippen molar-refractivity contribution in [1.29, 1.82) is 0 Å². The van der Waals surface area contributed by atoms with Crippen LogP contribution in [0.15, 0.2) is 23.1 Å². The molecule has 0 radical (unpaired) electrons. The van der Waals surface area contributed by atoms with Gasteiger partial charge in [-0.2, -0.15) is 0 Å². The first-order valence-electron chi connectivity index (χ1n) is 4.24. The second kappa shape index (κ2) is 4.99. The van der Waals surface area contributed by atoms with E-state index in [4.69, 9.17) is 11.6 Å². The summed E-state index contributed by atoms with van der Waals surface area (Å²) < 4.78 is 24.7. The molecule has 0 spiro atoms. The number of hydrogen-bond donors (Lipinski definition) is 1. The molecule has 0 atom stereocenters. The molecule has 0 aliphatic carbocycles. The minimum Gasteiger partial charge on any atom is -0.267 e. The topological polar surface area (TPSA) is 63.2 Å². The number of carbonyl (C=O) groups excluding carboxylic acids is 1. The lowest BCUT2D eigenvalue weighted by atomic mass is 10.3. The summed E-state index contributed by atoms with van der Waals surface area (Å²) in [6, 6.07) is 1.74. The van der Waals surface area contributed by atoms with Gasteiger partial charge in [-0.25, -0.2) is 13.1 Å². The number of halogens is 1. The van der Waals surface area contributed by atoms with E-state index in [0.29, 0.717) is 4.88 Å². The van der Waals surface area contributed by atoms with Crippen molar-refractivity contribution in [3.63, 3.8) is 0 Å². The van der Waals surface area contributed by atoms with Gasteiger partial charge in [0, 0.05) is 5.03 Å². The summed E-state index contributed by atoms with van der Waals surface area (Å²) >= 11 is 6.56. The van der Waals surface area contributed by atoms with Crippen molar-refractivity contribution in [2.45, 2.75) is 6.92 Å². The Morgan fingerprint density at radius 2 is 2.25 bits per heavy atom. The van der Waals surface area contributed by atoms with E-state index in [1.54, 1.807) is 18.4 Å². The molecule has 0 saturated carbocycles. The second-order valence-corrected chi connectivity index (χ2v) is 6.31. The summed E-state index contributed by atoms with van der Waals surface area (Å²) in [7, 11) is -3.75. The lowest BCUT2D eigenvalue weighted by molar-refractivity contribution is 0.0985. The third kappa shape index (κ3) is 3.62. The summed E-state index contributed by atoms with van der Waals surface area (Å²) in [5, 5.41) is 1.68. The van der Waals surface area contributed by atoms with E-state index in [9.17, 15) is 13.2 Å². The molecule has 0 fully saturated rings. The van der Waals surface area contributed by atoms with Crippen LogP contribution >= 0.6 is 22.9 Å². The Bertz CT molecular complexity index is 519. The van der Waals surface area contributed by atoms with Gasteiger partial charge in [0.1, 0.15) is 5.75 Å². The van der Waals surface area contributed by atoms with Gasteiger partial charge in [0.05, 0.1) is 4.88 Å². The Labute approximate surface area is 103 Å². The zero-order chi connectivity index (χ0) is 12.3. The van der Waals surface area contributed by atoms with Crippen LogP contribution in [0.2, 0.25) is 0 Å². The minimum absolute atomic E-state index is 0.0387. The van der Waals surface area contributed by atoms with Crippen LogP contribution in [0.1, 0.15) is 15.2 Å². The highest BCUT2D eigenvalue weighted by molar-refractivity contribution is 7.90. The molecule has 1 aromatic heterocycles. The van der Waals surface area contributed by atoms with Crippen LogP contribution in [0, 0.1) is 6.92 Å². The normalized spacial score (nSPS) is 11.1. The Balaban J connectivity index is 2.80. The fraction of sp³-hybridized carbons (Fsp3) is 0.222. The molecular formula is C9H10ClNO3S2. The first kappa shape index (κ1) is 13.2. The Morgan fingerprint density at radius 1 is 1.62 bits per heavy atom. The van der Waals surface area contributed by atoms with Crippen LogP contribution in [-0.2, 0) is 10.0 Å². The number of amides is 1.